The first-order valence-corrected chi connectivity index (χ1v) is 10.1. The van der Waals surface area contributed by atoms with Crippen LogP contribution in [0.3, 0.4) is 0 Å². The van der Waals surface area contributed by atoms with E-state index in [1.54, 1.807) is 0 Å². The van der Waals surface area contributed by atoms with E-state index in [9.17, 15) is 41.4 Å². The van der Waals surface area contributed by atoms with Gasteiger partial charge in [-0.25, -0.2) is 0 Å². The quantitative estimate of drug-likeness (QED) is 0.342. The summed E-state index contributed by atoms with van der Waals surface area (Å²) in [6, 6.07) is 4.19. The van der Waals surface area contributed by atoms with Crippen molar-refractivity contribution >= 4 is 22.1 Å². The highest BCUT2D eigenvalue weighted by Crippen LogP contribution is 2.36. The summed E-state index contributed by atoms with van der Waals surface area (Å²) < 4.78 is 79.4. The van der Waals surface area contributed by atoms with Crippen LogP contribution in [0.15, 0.2) is 24.3 Å². The highest BCUT2D eigenvalue weighted by molar-refractivity contribution is 7.88. The molecular formula is C17H19F3O10S. The Morgan fingerprint density at radius 1 is 1.13 bits per heavy atom. The lowest BCUT2D eigenvalue weighted by atomic mass is 9.91. The molecule has 1 aromatic rings. The van der Waals surface area contributed by atoms with Crippen LogP contribution in [-0.2, 0) is 33.9 Å². The second kappa shape index (κ2) is 9.38. The monoisotopic (exact) mass is 472 g/mol. The SMILES string of the molecule is CC(=O)OC[C@H]1OC(c2cccc(OS(=O)(=O)C(F)(F)F)c2)[C@@H](O)[C@@H](O)[C@@H]1OC(C)=O. The van der Waals surface area contributed by atoms with Crippen molar-refractivity contribution < 1.29 is 59.8 Å². The van der Waals surface area contributed by atoms with Gasteiger partial charge in [-0.1, -0.05) is 12.1 Å². The fourth-order valence-corrected chi connectivity index (χ4v) is 3.25. The van der Waals surface area contributed by atoms with Crippen molar-refractivity contribution in [2.75, 3.05) is 6.61 Å². The number of halogens is 3. The molecule has 2 rings (SSSR count). The lowest BCUT2D eigenvalue weighted by Crippen LogP contribution is -2.57. The third kappa shape index (κ3) is 6.06. The van der Waals surface area contributed by atoms with Crippen LogP contribution in [0.1, 0.15) is 25.5 Å². The summed E-state index contributed by atoms with van der Waals surface area (Å²) in [6.45, 7) is 1.65. The largest absolute Gasteiger partial charge is 0.534 e. The Balaban J connectivity index is 2.32. The fraction of sp³-hybridized carbons (Fsp3) is 0.529. The van der Waals surface area contributed by atoms with Crippen LogP contribution in [0.4, 0.5) is 13.2 Å². The van der Waals surface area contributed by atoms with Crippen molar-refractivity contribution in [2.24, 2.45) is 0 Å². The van der Waals surface area contributed by atoms with E-state index in [4.69, 9.17) is 14.2 Å². The van der Waals surface area contributed by atoms with E-state index in [1.807, 2.05) is 0 Å². The maximum atomic E-state index is 12.5. The molecule has 0 saturated carbocycles. The van der Waals surface area contributed by atoms with Gasteiger partial charge in [0.1, 0.15) is 36.8 Å². The van der Waals surface area contributed by atoms with Crippen molar-refractivity contribution in [3.8, 4) is 5.75 Å². The summed E-state index contributed by atoms with van der Waals surface area (Å²) >= 11 is 0. The van der Waals surface area contributed by atoms with Crippen LogP contribution >= 0.6 is 0 Å². The molecule has 1 fully saturated rings. The molecule has 1 heterocycles. The van der Waals surface area contributed by atoms with E-state index < -0.39 is 70.4 Å². The van der Waals surface area contributed by atoms with Crippen molar-refractivity contribution in [3.05, 3.63) is 29.8 Å². The van der Waals surface area contributed by atoms with Gasteiger partial charge in [0.2, 0.25) is 0 Å². The maximum absolute atomic E-state index is 12.5. The number of ether oxygens (including phenoxy) is 3. The second-order valence-corrected chi connectivity index (χ2v) is 8.05. The van der Waals surface area contributed by atoms with Crippen LogP contribution in [0.5, 0.6) is 5.75 Å². The summed E-state index contributed by atoms with van der Waals surface area (Å²) in [4.78, 5) is 22.4. The molecule has 1 aromatic carbocycles. The molecule has 1 unspecified atom stereocenters. The Hall–Kier alpha value is -2.42. The first-order chi connectivity index (χ1) is 14.2. The predicted octanol–water partition coefficient (Wildman–Crippen LogP) is 0.572. The first kappa shape index (κ1) is 24.8. The van der Waals surface area contributed by atoms with Gasteiger partial charge in [-0.05, 0) is 17.7 Å². The third-order valence-electron chi connectivity index (χ3n) is 4.11. The van der Waals surface area contributed by atoms with Crippen LogP contribution < -0.4 is 4.18 Å². The average Bonchev–Trinajstić information content (AvgIpc) is 2.63. The molecule has 1 aliphatic rings. The number of rotatable bonds is 6. The van der Waals surface area contributed by atoms with Gasteiger partial charge in [0.15, 0.2) is 6.10 Å². The summed E-state index contributed by atoms with van der Waals surface area (Å²) in [6.07, 6.45) is -7.56. The number of benzene rings is 1. The molecule has 10 nitrogen and oxygen atoms in total. The lowest BCUT2D eigenvalue weighted by Gasteiger charge is -2.42. The number of aliphatic hydroxyl groups is 2. The standard InChI is InChI=1S/C17H19F3O10S/c1-8(21)27-7-12-16(28-9(2)22)14(24)13(23)15(29-12)10-4-3-5-11(6-10)30-31(25,26)17(18,19)20/h3-6,12-16,23-24H,7H2,1-2H3/t12-,13+,14-,15?,16-/m1/s1. The smallest absolute Gasteiger partial charge is 0.463 e. The van der Waals surface area contributed by atoms with Gasteiger partial charge in [-0.2, -0.15) is 21.6 Å². The molecule has 0 bridgehead atoms. The zero-order chi connectivity index (χ0) is 23.6. The zero-order valence-electron chi connectivity index (χ0n) is 16.1. The predicted molar refractivity (Wildman–Crippen MR) is 93.9 cm³/mol. The average molecular weight is 472 g/mol. The van der Waals surface area contributed by atoms with E-state index in [0.29, 0.717) is 0 Å². The Morgan fingerprint density at radius 3 is 2.32 bits per heavy atom. The number of alkyl halides is 3. The number of esters is 2. The third-order valence-corrected chi connectivity index (χ3v) is 5.09. The topological polar surface area (TPSA) is 146 Å². The van der Waals surface area contributed by atoms with Gasteiger partial charge >= 0.3 is 27.6 Å². The Kier molecular flexibility index (Phi) is 7.52. The highest BCUT2D eigenvalue weighted by atomic mass is 32.2. The molecule has 0 aromatic heterocycles. The minimum atomic E-state index is -5.94. The van der Waals surface area contributed by atoms with Crippen molar-refractivity contribution in [1.29, 1.82) is 0 Å². The van der Waals surface area contributed by atoms with Crippen molar-refractivity contribution in [2.45, 2.75) is 49.9 Å². The Labute approximate surface area is 174 Å². The van der Waals surface area contributed by atoms with E-state index in [-0.39, 0.29) is 5.56 Å². The van der Waals surface area contributed by atoms with Crippen LogP contribution in [0, 0.1) is 0 Å². The normalized spacial score (nSPS) is 26.7. The molecule has 1 saturated heterocycles. The Bertz CT molecular complexity index is 917. The number of carbonyl (C=O) groups excluding carboxylic acids is 2. The van der Waals surface area contributed by atoms with E-state index in [2.05, 4.69) is 4.18 Å². The summed E-state index contributed by atoms with van der Waals surface area (Å²) in [7, 11) is -5.94. The molecule has 14 heteroatoms. The fourth-order valence-electron chi connectivity index (χ4n) is 2.80. The van der Waals surface area contributed by atoms with E-state index >= 15 is 0 Å². The minimum Gasteiger partial charge on any atom is -0.463 e. The number of hydrogen-bond donors (Lipinski definition) is 2. The van der Waals surface area contributed by atoms with Crippen LogP contribution in [0.25, 0.3) is 0 Å². The van der Waals surface area contributed by atoms with E-state index in [0.717, 1.165) is 32.0 Å². The number of aliphatic hydroxyl groups excluding tert-OH is 2. The molecule has 0 radical (unpaired) electrons. The minimum absolute atomic E-state index is 0.0597. The molecule has 0 spiro atoms. The molecular weight excluding hydrogens is 453 g/mol. The van der Waals surface area contributed by atoms with Gasteiger partial charge in [0, 0.05) is 13.8 Å². The zero-order valence-corrected chi connectivity index (χ0v) is 16.9. The molecule has 0 aliphatic carbocycles. The van der Waals surface area contributed by atoms with Crippen LogP contribution in [-0.4, -0.2) is 67.1 Å². The van der Waals surface area contributed by atoms with Gasteiger partial charge < -0.3 is 28.6 Å². The summed E-state index contributed by atoms with van der Waals surface area (Å²) in [5.74, 6) is -2.26. The molecule has 174 valence electrons. The van der Waals surface area contributed by atoms with Gasteiger partial charge in [0.25, 0.3) is 0 Å². The summed E-state index contributed by atoms with van der Waals surface area (Å²) in [5, 5.41) is 20.8. The molecule has 1 aliphatic heterocycles. The van der Waals surface area contributed by atoms with Gasteiger partial charge in [0.05, 0.1) is 0 Å². The second-order valence-electron chi connectivity index (χ2n) is 6.51. The van der Waals surface area contributed by atoms with Crippen molar-refractivity contribution in [1.82, 2.24) is 0 Å². The Morgan fingerprint density at radius 2 is 1.77 bits per heavy atom. The molecule has 0 amide bonds. The van der Waals surface area contributed by atoms with Crippen molar-refractivity contribution in [3.63, 3.8) is 0 Å². The summed E-state index contributed by atoms with van der Waals surface area (Å²) in [5.41, 5.74) is -5.72. The van der Waals surface area contributed by atoms with Gasteiger partial charge in [-0.15, -0.1) is 0 Å². The van der Waals surface area contributed by atoms with E-state index in [1.165, 1.54) is 6.07 Å². The van der Waals surface area contributed by atoms with Crippen LogP contribution in [0.2, 0.25) is 0 Å². The number of hydrogen-bond acceptors (Lipinski definition) is 10. The molecule has 5 atom stereocenters. The molecule has 2 N–H and O–H groups in total. The highest BCUT2D eigenvalue weighted by Gasteiger charge is 2.49. The lowest BCUT2D eigenvalue weighted by molar-refractivity contribution is -0.242. The first-order valence-electron chi connectivity index (χ1n) is 8.66. The molecule has 31 heavy (non-hydrogen) atoms. The number of carbonyl (C=O) groups is 2. The maximum Gasteiger partial charge on any atom is 0.534 e. The van der Waals surface area contributed by atoms with Gasteiger partial charge in [-0.3, -0.25) is 9.59 Å².